The lowest BCUT2D eigenvalue weighted by Gasteiger charge is -2.29. The molecule has 1 saturated heterocycles. The first kappa shape index (κ1) is 19.3. The van der Waals surface area contributed by atoms with Crippen molar-refractivity contribution in [2.45, 2.75) is 31.2 Å². The van der Waals surface area contributed by atoms with Crippen molar-refractivity contribution in [2.75, 3.05) is 27.3 Å². The van der Waals surface area contributed by atoms with Crippen LogP contribution in [0.2, 0.25) is 0 Å². The molecule has 1 N–H and O–H groups in total. The molecule has 6 nitrogen and oxygen atoms in total. The van der Waals surface area contributed by atoms with E-state index in [0.717, 1.165) is 36.0 Å². The second kappa shape index (κ2) is 7.78. The standard InChI is InChI=1S/C23H26N2O4/c1-28-18-7-8-20(29-2)17(13-18)14-21(26)25-12-11-23(15-25)10-9-16-5-3-4-6-19(16)22(27)24-23/h3-8,13H,9-12,14-15H2,1-2H3,(H,24,27). The predicted molar refractivity (Wildman–Crippen MR) is 109 cm³/mol. The fourth-order valence-corrected chi connectivity index (χ4v) is 4.39. The molecule has 0 aromatic heterocycles. The number of likely N-dealkylation sites (tertiary alicyclic amines) is 1. The second-order valence-corrected chi connectivity index (χ2v) is 7.81. The molecule has 1 atom stereocenters. The summed E-state index contributed by atoms with van der Waals surface area (Å²) in [7, 11) is 3.20. The highest BCUT2D eigenvalue weighted by atomic mass is 16.5. The van der Waals surface area contributed by atoms with Crippen LogP contribution in [-0.2, 0) is 17.6 Å². The molecule has 1 spiro atoms. The number of nitrogens with one attached hydrogen (secondary N) is 1. The minimum absolute atomic E-state index is 0.0319. The number of rotatable bonds is 4. The quantitative estimate of drug-likeness (QED) is 0.866. The maximum atomic E-state index is 13.0. The molecule has 0 aliphatic carbocycles. The fraction of sp³-hybridized carbons (Fsp3) is 0.391. The molecule has 152 valence electrons. The van der Waals surface area contributed by atoms with Gasteiger partial charge in [0.2, 0.25) is 5.91 Å². The molecule has 2 heterocycles. The van der Waals surface area contributed by atoms with Crippen LogP contribution in [0.5, 0.6) is 11.5 Å². The van der Waals surface area contributed by atoms with Gasteiger partial charge in [0.15, 0.2) is 0 Å². The van der Waals surface area contributed by atoms with Crippen LogP contribution in [0, 0.1) is 0 Å². The van der Waals surface area contributed by atoms with Gasteiger partial charge in [0.1, 0.15) is 11.5 Å². The monoisotopic (exact) mass is 394 g/mol. The number of benzene rings is 2. The Morgan fingerprint density at radius 1 is 1.14 bits per heavy atom. The number of ether oxygens (including phenoxy) is 2. The lowest BCUT2D eigenvalue weighted by molar-refractivity contribution is -0.129. The summed E-state index contributed by atoms with van der Waals surface area (Å²) in [5, 5.41) is 3.22. The molecule has 4 rings (SSSR count). The summed E-state index contributed by atoms with van der Waals surface area (Å²) >= 11 is 0. The van der Waals surface area contributed by atoms with Crippen molar-refractivity contribution in [1.29, 1.82) is 0 Å². The Balaban J connectivity index is 1.48. The van der Waals surface area contributed by atoms with Crippen molar-refractivity contribution in [2.24, 2.45) is 0 Å². The SMILES string of the molecule is COc1ccc(OC)c(CC(=O)N2CCC3(CCc4ccccc4C(=O)N3)C2)c1. The van der Waals surface area contributed by atoms with Crippen LogP contribution in [-0.4, -0.2) is 49.6 Å². The Kier molecular flexibility index (Phi) is 5.18. The average molecular weight is 394 g/mol. The highest BCUT2D eigenvalue weighted by molar-refractivity contribution is 5.96. The summed E-state index contributed by atoms with van der Waals surface area (Å²) in [6.45, 7) is 1.18. The predicted octanol–water partition coefficient (Wildman–Crippen LogP) is 2.59. The van der Waals surface area contributed by atoms with Gasteiger partial charge in [-0.2, -0.15) is 0 Å². The van der Waals surface area contributed by atoms with Gasteiger partial charge in [-0.05, 0) is 49.1 Å². The summed E-state index contributed by atoms with van der Waals surface area (Å²) in [5.74, 6) is 1.36. The van der Waals surface area contributed by atoms with Gasteiger partial charge in [0.25, 0.3) is 5.91 Å². The van der Waals surface area contributed by atoms with Gasteiger partial charge in [0.05, 0.1) is 26.2 Å². The van der Waals surface area contributed by atoms with E-state index in [0.29, 0.717) is 24.6 Å². The number of fused-ring (bicyclic) bond motifs is 1. The van der Waals surface area contributed by atoms with Gasteiger partial charge in [-0.1, -0.05) is 18.2 Å². The number of methoxy groups -OCH3 is 2. The number of hydrogen-bond acceptors (Lipinski definition) is 4. The number of carbonyl (C=O) groups is 2. The molecule has 2 aliphatic rings. The lowest BCUT2D eigenvalue weighted by atomic mass is 9.91. The van der Waals surface area contributed by atoms with Crippen molar-refractivity contribution >= 4 is 11.8 Å². The first-order valence-corrected chi connectivity index (χ1v) is 9.93. The molecule has 2 aliphatic heterocycles. The van der Waals surface area contributed by atoms with Crippen LogP contribution in [0.15, 0.2) is 42.5 Å². The Bertz CT molecular complexity index is 942. The van der Waals surface area contributed by atoms with E-state index in [2.05, 4.69) is 5.32 Å². The minimum Gasteiger partial charge on any atom is -0.497 e. The van der Waals surface area contributed by atoms with Gasteiger partial charge in [-0.3, -0.25) is 9.59 Å². The van der Waals surface area contributed by atoms with Crippen LogP contribution in [0.3, 0.4) is 0 Å². The normalized spacial score (nSPS) is 20.8. The molecular weight excluding hydrogens is 368 g/mol. The lowest BCUT2D eigenvalue weighted by Crippen LogP contribution is -2.50. The molecule has 0 radical (unpaired) electrons. The van der Waals surface area contributed by atoms with Gasteiger partial charge in [-0.15, -0.1) is 0 Å². The summed E-state index contributed by atoms with van der Waals surface area (Å²) in [4.78, 5) is 27.6. The molecule has 0 bridgehead atoms. The molecule has 2 aromatic rings. The zero-order valence-corrected chi connectivity index (χ0v) is 16.9. The Morgan fingerprint density at radius 2 is 1.97 bits per heavy atom. The summed E-state index contributed by atoms with van der Waals surface area (Å²) in [6.07, 6.45) is 2.68. The van der Waals surface area contributed by atoms with Crippen molar-refractivity contribution in [1.82, 2.24) is 10.2 Å². The zero-order valence-electron chi connectivity index (χ0n) is 16.9. The third kappa shape index (κ3) is 3.79. The minimum atomic E-state index is -0.357. The molecule has 6 heteroatoms. The molecule has 29 heavy (non-hydrogen) atoms. The summed E-state index contributed by atoms with van der Waals surface area (Å²) in [6, 6.07) is 13.2. The third-order valence-corrected chi connectivity index (χ3v) is 6.05. The third-order valence-electron chi connectivity index (χ3n) is 6.05. The smallest absolute Gasteiger partial charge is 0.252 e. The van der Waals surface area contributed by atoms with Crippen molar-refractivity contribution in [3.8, 4) is 11.5 Å². The van der Waals surface area contributed by atoms with Crippen LogP contribution in [0.25, 0.3) is 0 Å². The van der Waals surface area contributed by atoms with Crippen LogP contribution >= 0.6 is 0 Å². The maximum absolute atomic E-state index is 13.0. The number of amides is 2. The maximum Gasteiger partial charge on any atom is 0.252 e. The highest BCUT2D eigenvalue weighted by Crippen LogP contribution is 2.32. The van der Waals surface area contributed by atoms with E-state index in [1.807, 2.05) is 47.4 Å². The average Bonchev–Trinajstić information content (AvgIpc) is 3.10. The van der Waals surface area contributed by atoms with Gasteiger partial charge in [0, 0.05) is 24.2 Å². The van der Waals surface area contributed by atoms with Gasteiger partial charge < -0.3 is 19.7 Å². The largest absolute Gasteiger partial charge is 0.497 e. The number of nitrogens with zero attached hydrogens (tertiary/aromatic N) is 1. The first-order valence-electron chi connectivity index (χ1n) is 9.93. The fourth-order valence-electron chi connectivity index (χ4n) is 4.39. The van der Waals surface area contributed by atoms with E-state index in [-0.39, 0.29) is 23.8 Å². The Labute approximate surface area is 170 Å². The number of aryl methyl sites for hydroxylation is 1. The van der Waals surface area contributed by atoms with Crippen LogP contribution < -0.4 is 14.8 Å². The van der Waals surface area contributed by atoms with E-state index < -0.39 is 0 Å². The molecular formula is C23H26N2O4. The number of carbonyl (C=O) groups excluding carboxylic acids is 2. The van der Waals surface area contributed by atoms with Crippen molar-refractivity contribution in [3.05, 3.63) is 59.2 Å². The van der Waals surface area contributed by atoms with E-state index in [1.54, 1.807) is 14.2 Å². The van der Waals surface area contributed by atoms with Crippen molar-refractivity contribution in [3.63, 3.8) is 0 Å². The first-order chi connectivity index (χ1) is 14.0. The zero-order chi connectivity index (χ0) is 20.4. The van der Waals surface area contributed by atoms with Gasteiger partial charge >= 0.3 is 0 Å². The molecule has 2 aromatic carbocycles. The van der Waals surface area contributed by atoms with E-state index in [1.165, 1.54) is 0 Å². The number of hydrogen-bond donors (Lipinski definition) is 1. The van der Waals surface area contributed by atoms with Gasteiger partial charge in [-0.25, -0.2) is 0 Å². The van der Waals surface area contributed by atoms with Crippen LogP contribution in [0.4, 0.5) is 0 Å². The van der Waals surface area contributed by atoms with E-state index in [9.17, 15) is 9.59 Å². The topological polar surface area (TPSA) is 67.9 Å². The molecule has 1 fully saturated rings. The van der Waals surface area contributed by atoms with Crippen LogP contribution in [0.1, 0.15) is 34.3 Å². The molecule has 0 saturated carbocycles. The van der Waals surface area contributed by atoms with E-state index >= 15 is 0 Å². The Hall–Kier alpha value is -3.02. The van der Waals surface area contributed by atoms with Crippen molar-refractivity contribution < 1.29 is 19.1 Å². The Morgan fingerprint density at radius 3 is 2.76 bits per heavy atom. The summed E-state index contributed by atoms with van der Waals surface area (Å²) in [5.41, 5.74) is 2.27. The highest BCUT2D eigenvalue weighted by Gasteiger charge is 2.42. The van der Waals surface area contributed by atoms with E-state index in [4.69, 9.17) is 9.47 Å². The summed E-state index contributed by atoms with van der Waals surface area (Å²) < 4.78 is 10.7. The molecule has 1 unspecified atom stereocenters. The second-order valence-electron chi connectivity index (χ2n) is 7.81. The molecule has 2 amide bonds.